The molecule has 6 nitrogen and oxygen atoms in total. The third-order valence-corrected chi connectivity index (χ3v) is 5.17. The molecule has 2 heterocycles. The molecule has 3 rings (SSSR count). The molecular weight excluding hydrogens is 455 g/mol. The molecule has 2 aromatic rings. The fourth-order valence-corrected chi connectivity index (χ4v) is 3.62. The van der Waals surface area contributed by atoms with E-state index >= 15 is 0 Å². The van der Waals surface area contributed by atoms with Crippen LogP contribution in [0.5, 0.6) is 0 Å². The van der Waals surface area contributed by atoms with Gasteiger partial charge in [0.25, 0.3) is 0 Å². The van der Waals surface area contributed by atoms with E-state index in [9.17, 15) is 0 Å². The lowest BCUT2D eigenvalue weighted by atomic mass is 10.1. The summed E-state index contributed by atoms with van der Waals surface area (Å²) in [6.45, 7) is 6.55. The Balaban J connectivity index is 0.00000261. The minimum atomic E-state index is 0. The van der Waals surface area contributed by atoms with Crippen LogP contribution in [-0.4, -0.2) is 57.3 Å². The zero-order chi connectivity index (χ0) is 18.4. The Labute approximate surface area is 178 Å². The van der Waals surface area contributed by atoms with Gasteiger partial charge < -0.3 is 19.8 Å². The smallest absolute Gasteiger partial charge is 0.191 e. The summed E-state index contributed by atoms with van der Waals surface area (Å²) in [7, 11) is 3.56. The Morgan fingerprint density at radius 3 is 2.89 bits per heavy atom. The largest absolute Gasteiger partial charge is 0.459 e. The van der Waals surface area contributed by atoms with Gasteiger partial charge in [-0.15, -0.1) is 24.0 Å². The van der Waals surface area contributed by atoms with Crippen molar-refractivity contribution in [2.24, 2.45) is 4.99 Å². The number of methoxy groups -OCH3 is 1. The third-order valence-electron chi connectivity index (χ3n) is 5.17. The highest BCUT2D eigenvalue weighted by Crippen LogP contribution is 2.24. The van der Waals surface area contributed by atoms with E-state index in [2.05, 4.69) is 33.5 Å². The molecular formula is C20H31IN4O2. The summed E-state index contributed by atoms with van der Waals surface area (Å²) in [6.07, 6.45) is 2.47. The topological polar surface area (TPSA) is 62.0 Å². The van der Waals surface area contributed by atoms with E-state index in [1.807, 2.05) is 18.2 Å². The van der Waals surface area contributed by atoms with E-state index < -0.39 is 0 Å². The number of aryl methyl sites for hydroxylation is 1. The predicted molar refractivity (Wildman–Crippen MR) is 121 cm³/mol. The molecule has 0 saturated carbocycles. The van der Waals surface area contributed by atoms with Crippen molar-refractivity contribution in [1.82, 2.24) is 15.5 Å². The second-order valence-corrected chi connectivity index (χ2v) is 6.78. The average molecular weight is 486 g/mol. The van der Waals surface area contributed by atoms with Crippen LogP contribution in [0, 0.1) is 6.92 Å². The number of rotatable bonds is 7. The van der Waals surface area contributed by atoms with Gasteiger partial charge in [0.1, 0.15) is 11.3 Å². The summed E-state index contributed by atoms with van der Waals surface area (Å²) in [5, 5.41) is 8.00. The molecule has 1 aliphatic rings. The van der Waals surface area contributed by atoms with Crippen molar-refractivity contribution >= 4 is 40.9 Å². The number of likely N-dealkylation sites (tertiary alicyclic amines) is 1. The molecule has 1 saturated heterocycles. The number of para-hydroxylation sites is 1. The quantitative estimate of drug-likeness (QED) is 0.358. The van der Waals surface area contributed by atoms with Gasteiger partial charge in [-0.3, -0.25) is 9.89 Å². The number of nitrogens with zero attached hydrogens (tertiary/aromatic N) is 2. The Kier molecular flexibility index (Phi) is 8.85. The van der Waals surface area contributed by atoms with Gasteiger partial charge in [-0.25, -0.2) is 0 Å². The Morgan fingerprint density at radius 1 is 1.33 bits per heavy atom. The van der Waals surface area contributed by atoms with Gasteiger partial charge in [0.2, 0.25) is 0 Å². The molecule has 1 atom stereocenters. The first-order chi connectivity index (χ1) is 12.7. The van der Waals surface area contributed by atoms with Crippen LogP contribution in [0.25, 0.3) is 11.0 Å². The summed E-state index contributed by atoms with van der Waals surface area (Å²) in [5.74, 6) is 1.76. The Hall–Kier alpha value is -1.32. The van der Waals surface area contributed by atoms with Crippen LogP contribution in [0.15, 0.2) is 33.7 Å². The van der Waals surface area contributed by atoms with Gasteiger partial charge in [0.05, 0.1) is 13.2 Å². The number of halogens is 1. The molecule has 1 fully saturated rings. The molecule has 1 aliphatic heterocycles. The average Bonchev–Trinajstić information content (AvgIpc) is 3.25. The first kappa shape index (κ1) is 22.0. The fraction of sp³-hybridized carbons (Fsp3) is 0.550. The van der Waals surface area contributed by atoms with Crippen molar-refractivity contribution in [3.05, 3.63) is 35.6 Å². The van der Waals surface area contributed by atoms with Crippen molar-refractivity contribution in [3.63, 3.8) is 0 Å². The Morgan fingerprint density at radius 2 is 2.15 bits per heavy atom. The summed E-state index contributed by atoms with van der Waals surface area (Å²) < 4.78 is 11.2. The number of hydrogen-bond donors (Lipinski definition) is 2. The molecule has 1 unspecified atom stereocenters. The molecule has 150 valence electrons. The molecule has 0 aliphatic carbocycles. The van der Waals surface area contributed by atoms with Gasteiger partial charge in [-0.05, 0) is 32.4 Å². The van der Waals surface area contributed by atoms with Crippen molar-refractivity contribution < 1.29 is 9.15 Å². The van der Waals surface area contributed by atoms with Crippen LogP contribution in [-0.2, 0) is 11.3 Å². The van der Waals surface area contributed by atoms with Crippen molar-refractivity contribution in [1.29, 1.82) is 0 Å². The SMILES string of the molecule is CN=C(NCc1oc2ccccc2c1C)NCC1CCCN1CCOC.I. The van der Waals surface area contributed by atoms with E-state index in [1.54, 1.807) is 14.2 Å². The van der Waals surface area contributed by atoms with Crippen LogP contribution in [0.4, 0.5) is 0 Å². The molecule has 1 aromatic heterocycles. The maximum absolute atomic E-state index is 5.97. The van der Waals surface area contributed by atoms with Crippen LogP contribution in [0.1, 0.15) is 24.2 Å². The molecule has 0 spiro atoms. The minimum Gasteiger partial charge on any atom is -0.459 e. The van der Waals surface area contributed by atoms with Crippen molar-refractivity contribution in [2.75, 3.05) is 40.4 Å². The maximum atomic E-state index is 5.97. The van der Waals surface area contributed by atoms with Gasteiger partial charge in [-0.2, -0.15) is 0 Å². The summed E-state index contributed by atoms with van der Waals surface area (Å²) >= 11 is 0. The number of benzene rings is 1. The van der Waals surface area contributed by atoms with E-state index in [-0.39, 0.29) is 24.0 Å². The number of nitrogens with one attached hydrogen (secondary N) is 2. The number of ether oxygens (including phenoxy) is 1. The molecule has 0 radical (unpaired) electrons. The van der Waals surface area contributed by atoms with Crippen molar-refractivity contribution in [2.45, 2.75) is 32.4 Å². The third kappa shape index (κ3) is 5.58. The number of fused-ring (bicyclic) bond motifs is 1. The standard InChI is InChI=1S/C20H30N4O2.HI/c1-15-17-8-4-5-9-18(17)26-19(15)14-23-20(21-2)22-13-16-7-6-10-24(16)11-12-25-3;/h4-5,8-9,16H,6-7,10-14H2,1-3H3,(H2,21,22,23);1H. The molecule has 0 amide bonds. The zero-order valence-corrected chi connectivity index (χ0v) is 18.8. The van der Waals surface area contributed by atoms with Crippen LogP contribution >= 0.6 is 24.0 Å². The minimum absolute atomic E-state index is 0. The normalized spacial score (nSPS) is 17.9. The van der Waals surface area contributed by atoms with Crippen LogP contribution in [0.3, 0.4) is 0 Å². The van der Waals surface area contributed by atoms with Gasteiger partial charge >= 0.3 is 0 Å². The van der Waals surface area contributed by atoms with E-state index in [1.165, 1.54) is 23.8 Å². The molecule has 0 bridgehead atoms. The molecule has 7 heteroatoms. The first-order valence-electron chi connectivity index (χ1n) is 9.37. The summed E-state index contributed by atoms with van der Waals surface area (Å²) in [4.78, 5) is 6.84. The lowest BCUT2D eigenvalue weighted by Gasteiger charge is -2.25. The highest BCUT2D eigenvalue weighted by Gasteiger charge is 2.24. The lowest BCUT2D eigenvalue weighted by molar-refractivity contribution is 0.141. The fourth-order valence-electron chi connectivity index (χ4n) is 3.62. The maximum Gasteiger partial charge on any atom is 0.191 e. The van der Waals surface area contributed by atoms with E-state index in [0.717, 1.165) is 43.5 Å². The van der Waals surface area contributed by atoms with E-state index in [0.29, 0.717) is 12.6 Å². The zero-order valence-electron chi connectivity index (χ0n) is 16.5. The number of aliphatic imine (C=N–C) groups is 1. The molecule has 27 heavy (non-hydrogen) atoms. The number of guanidine groups is 1. The lowest BCUT2D eigenvalue weighted by Crippen LogP contribution is -2.45. The highest BCUT2D eigenvalue weighted by atomic mass is 127. The highest BCUT2D eigenvalue weighted by molar-refractivity contribution is 14.0. The number of hydrogen-bond acceptors (Lipinski definition) is 4. The predicted octanol–water partition coefficient (Wildman–Crippen LogP) is 3.14. The Bertz CT molecular complexity index is 747. The number of furan rings is 1. The monoisotopic (exact) mass is 486 g/mol. The van der Waals surface area contributed by atoms with Crippen LogP contribution < -0.4 is 10.6 Å². The van der Waals surface area contributed by atoms with Gasteiger partial charge in [0.15, 0.2) is 5.96 Å². The summed E-state index contributed by atoms with van der Waals surface area (Å²) in [6, 6.07) is 8.68. The van der Waals surface area contributed by atoms with Gasteiger partial charge in [-0.1, -0.05) is 18.2 Å². The van der Waals surface area contributed by atoms with E-state index in [4.69, 9.17) is 9.15 Å². The summed E-state index contributed by atoms with van der Waals surface area (Å²) in [5.41, 5.74) is 2.12. The second-order valence-electron chi connectivity index (χ2n) is 6.78. The molecule has 2 N–H and O–H groups in total. The van der Waals surface area contributed by atoms with Crippen LogP contribution in [0.2, 0.25) is 0 Å². The van der Waals surface area contributed by atoms with Gasteiger partial charge in [0, 0.05) is 44.2 Å². The second kappa shape index (κ2) is 10.9. The molecule has 1 aromatic carbocycles. The first-order valence-corrected chi connectivity index (χ1v) is 9.37. The van der Waals surface area contributed by atoms with Crippen molar-refractivity contribution in [3.8, 4) is 0 Å².